The van der Waals surface area contributed by atoms with Crippen molar-refractivity contribution in [1.82, 2.24) is 9.21 Å². The second kappa shape index (κ2) is 9.74. The number of aliphatic hydroxyl groups is 2. The summed E-state index contributed by atoms with van der Waals surface area (Å²) in [6.07, 6.45) is 1.02. The van der Waals surface area contributed by atoms with Crippen molar-refractivity contribution in [3.05, 3.63) is 65.7 Å². The van der Waals surface area contributed by atoms with E-state index in [1.165, 1.54) is 0 Å². The van der Waals surface area contributed by atoms with Gasteiger partial charge in [0.25, 0.3) is 0 Å². The molecule has 0 radical (unpaired) electrons. The van der Waals surface area contributed by atoms with E-state index in [1.54, 1.807) is 35.5 Å². The molecule has 0 unspecified atom stereocenters. The van der Waals surface area contributed by atoms with Crippen LogP contribution in [0.25, 0.3) is 0 Å². The highest BCUT2D eigenvalue weighted by Crippen LogP contribution is 2.42. The number of aliphatic hydroxyl groups excluding tert-OH is 2. The molecule has 32 heavy (non-hydrogen) atoms. The maximum absolute atomic E-state index is 13.3. The molecule has 2 aliphatic heterocycles. The molecule has 2 aromatic rings. The van der Waals surface area contributed by atoms with E-state index < -0.39 is 16.1 Å². The van der Waals surface area contributed by atoms with Crippen molar-refractivity contribution in [2.24, 2.45) is 0 Å². The number of fused-ring (bicyclic) bond motifs is 1. The third-order valence-electron chi connectivity index (χ3n) is 6.43. The minimum atomic E-state index is -3.57. The number of hydrogen-bond donors (Lipinski definition) is 2. The van der Waals surface area contributed by atoms with Crippen LogP contribution in [0.4, 0.5) is 0 Å². The van der Waals surface area contributed by atoms with Gasteiger partial charge in [0.1, 0.15) is 6.10 Å². The summed E-state index contributed by atoms with van der Waals surface area (Å²) in [4.78, 5) is 2.58. The molecule has 0 aromatic heterocycles. The second-order valence-electron chi connectivity index (χ2n) is 8.53. The van der Waals surface area contributed by atoms with E-state index >= 15 is 0 Å². The van der Waals surface area contributed by atoms with Gasteiger partial charge in [-0.1, -0.05) is 42.2 Å². The van der Waals surface area contributed by atoms with Crippen molar-refractivity contribution in [2.75, 3.05) is 26.2 Å². The molecule has 0 spiro atoms. The van der Waals surface area contributed by atoms with Crippen LogP contribution < -0.4 is 0 Å². The minimum absolute atomic E-state index is 0.0142. The highest BCUT2D eigenvalue weighted by Gasteiger charge is 2.50. The van der Waals surface area contributed by atoms with Crippen molar-refractivity contribution in [3.8, 4) is 11.8 Å². The van der Waals surface area contributed by atoms with Crippen molar-refractivity contribution in [2.45, 2.75) is 48.8 Å². The summed E-state index contributed by atoms with van der Waals surface area (Å²) < 4.78 is 28.2. The predicted molar refractivity (Wildman–Crippen MR) is 124 cm³/mol. The highest BCUT2D eigenvalue weighted by atomic mass is 32.2. The Balaban J connectivity index is 1.60. The topological polar surface area (TPSA) is 81.1 Å². The first-order valence-electron chi connectivity index (χ1n) is 11.1. The molecule has 6 nitrogen and oxygen atoms in total. The largest absolute Gasteiger partial charge is 0.395 e. The zero-order valence-electron chi connectivity index (χ0n) is 18.3. The number of hydrogen-bond acceptors (Lipinski definition) is 5. The quantitative estimate of drug-likeness (QED) is 0.691. The Morgan fingerprint density at radius 3 is 2.41 bits per heavy atom. The van der Waals surface area contributed by atoms with Crippen LogP contribution in [0.1, 0.15) is 36.8 Å². The third kappa shape index (κ3) is 4.61. The van der Waals surface area contributed by atoms with Gasteiger partial charge in [-0.3, -0.25) is 4.90 Å². The van der Waals surface area contributed by atoms with Gasteiger partial charge in [-0.15, -0.1) is 0 Å². The third-order valence-corrected chi connectivity index (χ3v) is 8.31. The van der Waals surface area contributed by atoms with E-state index in [2.05, 4.69) is 16.7 Å². The fourth-order valence-corrected chi connectivity index (χ4v) is 6.36. The maximum Gasteiger partial charge on any atom is 0.243 e. The van der Waals surface area contributed by atoms with Crippen LogP contribution in [0.15, 0.2) is 59.5 Å². The summed E-state index contributed by atoms with van der Waals surface area (Å²) in [5.41, 5.74) is 1.89. The van der Waals surface area contributed by atoms with Crippen molar-refractivity contribution >= 4 is 10.0 Å². The molecule has 0 saturated carbocycles. The van der Waals surface area contributed by atoms with Gasteiger partial charge in [0, 0.05) is 36.7 Å². The molecular weight excluding hydrogens is 424 g/mol. The van der Waals surface area contributed by atoms with E-state index in [-0.39, 0.29) is 24.6 Å². The summed E-state index contributed by atoms with van der Waals surface area (Å²) in [7, 11) is -3.57. The molecule has 2 heterocycles. The van der Waals surface area contributed by atoms with Crippen LogP contribution in [0, 0.1) is 11.8 Å². The van der Waals surface area contributed by atoms with Gasteiger partial charge in [-0.05, 0) is 56.1 Å². The molecule has 2 aromatic carbocycles. The molecule has 4 rings (SSSR count). The lowest BCUT2D eigenvalue weighted by Gasteiger charge is -2.57. The molecular formula is C25H30N2O4S. The first-order chi connectivity index (χ1) is 15.4. The van der Waals surface area contributed by atoms with Crippen LogP contribution in [0.3, 0.4) is 0 Å². The van der Waals surface area contributed by atoms with E-state index in [9.17, 15) is 18.6 Å². The highest BCUT2D eigenvalue weighted by molar-refractivity contribution is 7.89. The summed E-state index contributed by atoms with van der Waals surface area (Å²) in [6.45, 7) is 3.44. The van der Waals surface area contributed by atoms with Crippen LogP contribution in [0.2, 0.25) is 0 Å². The zero-order chi connectivity index (χ0) is 22.7. The van der Waals surface area contributed by atoms with Crippen molar-refractivity contribution in [3.63, 3.8) is 0 Å². The van der Waals surface area contributed by atoms with E-state index in [1.807, 2.05) is 30.3 Å². The number of benzene rings is 2. The lowest BCUT2D eigenvalue weighted by molar-refractivity contribution is -0.0553. The molecule has 2 aliphatic rings. The standard InChI is InChI=1S/C25H30N2O4S/c1-19(29)9-10-20-11-13-21(14-12-20)25-23-17-26(15-5-6-16-27(23)24(25)18-28)32(30,31)22-7-3-2-4-8-22/h2-4,7-8,11-14,19,23-25,28-29H,5-6,15-18H2,1H3/t19-,23+,24-,25-/m1/s1. The molecule has 0 amide bonds. The normalized spacial score (nSPS) is 25.4. The van der Waals surface area contributed by atoms with Gasteiger partial charge in [0.05, 0.1) is 11.5 Å². The smallest absolute Gasteiger partial charge is 0.243 e. The number of sulfonamides is 1. The fourth-order valence-electron chi connectivity index (χ4n) is 4.85. The van der Waals surface area contributed by atoms with Gasteiger partial charge in [0.15, 0.2) is 0 Å². The van der Waals surface area contributed by atoms with Gasteiger partial charge in [-0.2, -0.15) is 4.31 Å². The molecule has 0 bridgehead atoms. The molecule has 2 fully saturated rings. The molecule has 4 atom stereocenters. The zero-order valence-corrected chi connectivity index (χ0v) is 19.1. The van der Waals surface area contributed by atoms with Gasteiger partial charge >= 0.3 is 0 Å². The van der Waals surface area contributed by atoms with Gasteiger partial charge < -0.3 is 10.2 Å². The molecule has 2 N–H and O–H groups in total. The average Bonchev–Trinajstić information content (AvgIpc) is 2.78. The molecule has 7 heteroatoms. The van der Waals surface area contributed by atoms with Crippen LogP contribution in [-0.2, 0) is 10.0 Å². The Morgan fingerprint density at radius 2 is 1.75 bits per heavy atom. The van der Waals surface area contributed by atoms with Crippen LogP contribution >= 0.6 is 0 Å². The Morgan fingerprint density at radius 1 is 1.06 bits per heavy atom. The number of rotatable bonds is 4. The summed E-state index contributed by atoms with van der Waals surface area (Å²) >= 11 is 0. The summed E-state index contributed by atoms with van der Waals surface area (Å²) in [5.74, 6) is 5.73. The van der Waals surface area contributed by atoms with Gasteiger partial charge in [0.2, 0.25) is 10.0 Å². The van der Waals surface area contributed by atoms with E-state index in [0.717, 1.165) is 30.5 Å². The Hall–Kier alpha value is -2.21. The number of nitrogens with zero attached hydrogens (tertiary/aromatic N) is 2. The SMILES string of the molecule is C[C@@H](O)C#Cc1ccc([C@H]2[C@@H](CO)N3CCCCN(S(=O)(=O)c4ccccc4)C[C@@H]23)cc1. The summed E-state index contributed by atoms with van der Waals surface area (Å²) in [6, 6.07) is 16.5. The molecule has 2 saturated heterocycles. The minimum Gasteiger partial charge on any atom is -0.395 e. The first kappa shape index (κ1) is 23.0. The van der Waals surface area contributed by atoms with Crippen LogP contribution in [0.5, 0.6) is 0 Å². The lowest BCUT2D eigenvalue weighted by Crippen LogP contribution is -2.67. The van der Waals surface area contributed by atoms with Crippen molar-refractivity contribution in [1.29, 1.82) is 0 Å². The fraction of sp³-hybridized carbons (Fsp3) is 0.440. The monoisotopic (exact) mass is 454 g/mol. The van der Waals surface area contributed by atoms with Crippen molar-refractivity contribution < 1.29 is 18.6 Å². The van der Waals surface area contributed by atoms with Gasteiger partial charge in [-0.25, -0.2) is 8.42 Å². The predicted octanol–water partition coefficient (Wildman–Crippen LogP) is 2.03. The molecule has 170 valence electrons. The maximum atomic E-state index is 13.3. The lowest BCUT2D eigenvalue weighted by atomic mass is 9.74. The average molecular weight is 455 g/mol. The second-order valence-corrected chi connectivity index (χ2v) is 10.5. The van der Waals surface area contributed by atoms with E-state index in [4.69, 9.17) is 0 Å². The Kier molecular flexibility index (Phi) is 6.99. The van der Waals surface area contributed by atoms with E-state index in [0.29, 0.717) is 18.0 Å². The van der Waals surface area contributed by atoms with Crippen LogP contribution in [-0.4, -0.2) is 72.3 Å². The first-order valence-corrected chi connectivity index (χ1v) is 12.6. The Labute approximate surface area is 190 Å². The summed E-state index contributed by atoms with van der Waals surface area (Å²) in [5, 5.41) is 19.5. The molecule has 0 aliphatic carbocycles. The Bertz CT molecular complexity index is 1070.